The van der Waals surface area contributed by atoms with Gasteiger partial charge in [-0.2, -0.15) is 0 Å². The van der Waals surface area contributed by atoms with Crippen molar-refractivity contribution in [2.75, 3.05) is 32.7 Å². The van der Waals surface area contributed by atoms with Crippen LogP contribution in [0.2, 0.25) is 0 Å². The molecule has 2 amide bonds. The molecule has 1 unspecified atom stereocenters. The number of nitrogens with one attached hydrogen (secondary N) is 1. The number of amides is 2. The maximum Gasteiger partial charge on any atom is 0.289 e. The highest BCUT2D eigenvalue weighted by molar-refractivity contribution is 5.91. The molecule has 2 heterocycles. The molecule has 2 aromatic rings. The van der Waals surface area contributed by atoms with Crippen molar-refractivity contribution in [3.05, 3.63) is 60.1 Å². The zero-order valence-electron chi connectivity index (χ0n) is 15.3. The fourth-order valence-electron chi connectivity index (χ4n) is 3.65. The van der Waals surface area contributed by atoms with Crippen LogP contribution in [0, 0.1) is 5.92 Å². The Kier molecular flexibility index (Phi) is 5.25. The van der Waals surface area contributed by atoms with E-state index in [1.54, 1.807) is 17.0 Å². The van der Waals surface area contributed by atoms with Crippen LogP contribution in [-0.4, -0.2) is 54.3 Å². The molecule has 27 heavy (non-hydrogen) atoms. The molecule has 4 rings (SSSR count). The van der Waals surface area contributed by atoms with Gasteiger partial charge in [-0.3, -0.25) is 14.5 Å². The Morgan fingerprint density at radius 1 is 1.04 bits per heavy atom. The average Bonchev–Trinajstić information content (AvgIpc) is 3.39. The molecule has 1 saturated carbocycles. The normalized spacial score (nSPS) is 18.9. The molecule has 0 radical (unpaired) electrons. The summed E-state index contributed by atoms with van der Waals surface area (Å²) in [6.45, 7) is 2.98. The fourth-order valence-corrected chi connectivity index (χ4v) is 3.65. The van der Waals surface area contributed by atoms with E-state index in [2.05, 4.69) is 22.3 Å². The molecule has 1 saturated heterocycles. The first kappa shape index (κ1) is 17.8. The van der Waals surface area contributed by atoms with E-state index in [0.29, 0.717) is 44.4 Å². The van der Waals surface area contributed by atoms with Gasteiger partial charge in [0.25, 0.3) is 5.91 Å². The van der Waals surface area contributed by atoms with Crippen LogP contribution in [0.25, 0.3) is 0 Å². The molecule has 2 aliphatic rings. The van der Waals surface area contributed by atoms with E-state index in [1.807, 2.05) is 18.2 Å². The molecule has 1 aromatic heterocycles. The molecular formula is C21H25N3O3. The van der Waals surface area contributed by atoms with Gasteiger partial charge in [-0.25, -0.2) is 0 Å². The van der Waals surface area contributed by atoms with Crippen molar-refractivity contribution >= 4 is 11.8 Å². The second-order valence-corrected chi connectivity index (χ2v) is 7.34. The van der Waals surface area contributed by atoms with Crippen LogP contribution in [0.3, 0.4) is 0 Å². The van der Waals surface area contributed by atoms with Crippen molar-refractivity contribution in [2.24, 2.45) is 5.92 Å². The van der Waals surface area contributed by atoms with Crippen LogP contribution >= 0.6 is 0 Å². The standard InChI is InChI=1S/C21H25N3O3/c25-19(22-20(17-8-9-17)16-5-2-1-3-6-16)15-23-10-12-24(13-11-23)21(26)18-7-4-14-27-18/h1-7,14,17,20H,8-13,15H2,(H,22,25). The Bertz CT molecular complexity index is 763. The third-order valence-electron chi connectivity index (χ3n) is 5.33. The SMILES string of the molecule is O=C(CN1CCN(C(=O)c2ccco2)CC1)NC(c1ccccc1)C1CC1. The molecule has 6 heteroatoms. The Labute approximate surface area is 159 Å². The maximum atomic E-state index is 12.6. The first-order valence-electron chi connectivity index (χ1n) is 9.60. The number of nitrogens with zero attached hydrogens (tertiary/aromatic N) is 2. The highest BCUT2D eigenvalue weighted by Gasteiger charge is 2.33. The smallest absolute Gasteiger partial charge is 0.289 e. The molecule has 1 atom stereocenters. The van der Waals surface area contributed by atoms with E-state index in [1.165, 1.54) is 24.7 Å². The number of benzene rings is 1. The summed E-state index contributed by atoms with van der Waals surface area (Å²) in [6, 6.07) is 13.7. The molecule has 0 bridgehead atoms. The molecule has 1 aliphatic carbocycles. The van der Waals surface area contributed by atoms with Gasteiger partial charge in [0.05, 0.1) is 18.8 Å². The van der Waals surface area contributed by atoms with E-state index in [-0.39, 0.29) is 17.9 Å². The summed E-state index contributed by atoms with van der Waals surface area (Å²) in [4.78, 5) is 28.8. The lowest BCUT2D eigenvalue weighted by atomic mass is 10.0. The summed E-state index contributed by atoms with van der Waals surface area (Å²) in [7, 11) is 0. The Morgan fingerprint density at radius 3 is 2.41 bits per heavy atom. The zero-order chi connectivity index (χ0) is 18.6. The highest BCUT2D eigenvalue weighted by Crippen LogP contribution is 2.40. The summed E-state index contributed by atoms with van der Waals surface area (Å²) in [5, 5.41) is 3.22. The van der Waals surface area contributed by atoms with Gasteiger partial charge in [-0.1, -0.05) is 30.3 Å². The number of carbonyl (C=O) groups excluding carboxylic acids is 2. The third-order valence-corrected chi connectivity index (χ3v) is 5.33. The second-order valence-electron chi connectivity index (χ2n) is 7.34. The molecule has 1 N–H and O–H groups in total. The van der Waals surface area contributed by atoms with Crippen molar-refractivity contribution in [1.82, 2.24) is 15.1 Å². The predicted octanol–water partition coefficient (Wildman–Crippen LogP) is 2.30. The Morgan fingerprint density at radius 2 is 1.78 bits per heavy atom. The van der Waals surface area contributed by atoms with Gasteiger partial charge in [0.15, 0.2) is 5.76 Å². The van der Waals surface area contributed by atoms with Crippen molar-refractivity contribution in [3.8, 4) is 0 Å². The first-order chi connectivity index (χ1) is 13.2. The highest BCUT2D eigenvalue weighted by atomic mass is 16.3. The van der Waals surface area contributed by atoms with Gasteiger partial charge in [0, 0.05) is 26.2 Å². The third kappa shape index (κ3) is 4.39. The number of piperazine rings is 1. The number of carbonyl (C=O) groups is 2. The van der Waals surface area contributed by atoms with Crippen LogP contribution in [0.1, 0.15) is 35.0 Å². The monoisotopic (exact) mass is 367 g/mol. The van der Waals surface area contributed by atoms with E-state index in [4.69, 9.17) is 4.42 Å². The molecule has 0 spiro atoms. The maximum absolute atomic E-state index is 12.6. The van der Waals surface area contributed by atoms with Crippen molar-refractivity contribution < 1.29 is 14.0 Å². The van der Waals surface area contributed by atoms with E-state index in [0.717, 1.165) is 0 Å². The van der Waals surface area contributed by atoms with Crippen molar-refractivity contribution in [3.63, 3.8) is 0 Å². The van der Waals surface area contributed by atoms with Crippen molar-refractivity contribution in [1.29, 1.82) is 0 Å². The lowest BCUT2D eigenvalue weighted by Crippen LogP contribution is -2.51. The second kappa shape index (κ2) is 7.96. The Balaban J connectivity index is 1.27. The van der Waals surface area contributed by atoms with Gasteiger partial charge in [-0.05, 0) is 36.5 Å². The van der Waals surface area contributed by atoms with Gasteiger partial charge >= 0.3 is 0 Å². The van der Waals surface area contributed by atoms with Crippen LogP contribution in [0.5, 0.6) is 0 Å². The van der Waals surface area contributed by atoms with Crippen molar-refractivity contribution in [2.45, 2.75) is 18.9 Å². The van der Waals surface area contributed by atoms with Gasteiger partial charge in [0.1, 0.15) is 0 Å². The summed E-state index contributed by atoms with van der Waals surface area (Å²) in [6.07, 6.45) is 3.86. The number of rotatable bonds is 6. The predicted molar refractivity (Wildman–Crippen MR) is 101 cm³/mol. The van der Waals surface area contributed by atoms with Crippen LogP contribution < -0.4 is 5.32 Å². The number of furan rings is 1. The van der Waals surface area contributed by atoms with E-state index < -0.39 is 0 Å². The zero-order valence-corrected chi connectivity index (χ0v) is 15.3. The molecular weight excluding hydrogens is 342 g/mol. The van der Waals surface area contributed by atoms with Crippen LogP contribution in [0.15, 0.2) is 53.1 Å². The quantitative estimate of drug-likeness (QED) is 0.851. The summed E-state index contributed by atoms with van der Waals surface area (Å²) >= 11 is 0. The molecule has 142 valence electrons. The fraction of sp³-hybridized carbons (Fsp3) is 0.429. The molecule has 6 nitrogen and oxygen atoms in total. The minimum atomic E-state index is -0.0815. The summed E-state index contributed by atoms with van der Waals surface area (Å²) in [5.74, 6) is 0.902. The largest absolute Gasteiger partial charge is 0.459 e. The minimum absolute atomic E-state index is 0.0570. The molecule has 1 aromatic carbocycles. The van der Waals surface area contributed by atoms with Gasteiger partial charge in [-0.15, -0.1) is 0 Å². The lowest BCUT2D eigenvalue weighted by Gasteiger charge is -2.34. The van der Waals surface area contributed by atoms with E-state index >= 15 is 0 Å². The minimum Gasteiger partial charge on any atom is -0.459 e. The average molecular weight is 367 g/mol. The number of hydrogen-bond donors (Lipinski definition) is 1. The van der Waals surface area contributed by atoms with Crippen LogP contribution in [0.4, 0.5) is 0 Å². The van der Waals surface area contributed by atoms with Crippen LogP contribution in [-0.2, 0) is 4.79 Å². The first-order valence-corrected chi connectivity index (χ1v) is 9.60. The van der Waals surface area contributed by atoms with Gasteiger partial charge < -0.3 is 14.6 Å². The molecule has 1 aliphatic heterocycles. The summed E-state index contributed by atoms with van der Waals surface area (Å²) in [5.41, 5.74) is 1.18. The topological polar surface area (TPSA) is 65.8 Å². The number of hydrogen-bond acceptors (Lipinski definition) is 4. The van der Waals surface area contributed by atoms with Gasteiger partial charge in [0.2, 0.25) is 5.91 Å². The lowest BCUT2D eigenvalue weighted by molar-refractivity contribution is -0.123. The Hall–Kier alpha value is -2.60. The summed E-state index contributed by atoms with van der Waals surface area (Å²) < 4.78 is 5.19. The van der Waals surface area contributed by atoms with E-state index in [9.17, 15) is 9.59 Å². The molecule has 2 fully saturated rings.